The van der Waals surface area contributed by atoms with Gasteiger partial charge in [-0.3, -0.25) is 4.79 Å². The number of halogens is 8. The molecule has 1 rings (SSSR count). The fourth-order valence-corrected chi connectivity index (χ4v) is 1.52. The van der Waals surface area contributed by atoms with E-state index in [1.54, 1.807) is 6.92 Å². The molecule has 0 saturated heterocycles. The molecule has 0 fully saturated rings. The number of carbonyl (C=O) groups is 1. The van der Waals surface area contributed by atoms with Crippen molar-refractivity contribution in [3.63, 3.8) is 0 Å². The number of benzene rings is 1. The normalized spacial score (nSPS) is 13.3. The van der Waals surface area contributed by atoms with Gasteiger partial charge in [0.2, 0.25) is 0 Å². The number of nitrogens with one attached hydrogen (secondary N) is 1. The van der Waals surface area contributed by atoms with E-state index in [1.165, 1.54) is 17.4 Å². The maximum Gasteiger partial charge on any atom is 0.393 e. The Kier molecular flexibility index (Phi) is 5.27. The monoisotopic (exact) mass is 349 g/mol. The van der Waals surface area contributed by atoms with Crippen molar-refractivity contribution in [1.29, 1.82) is 0 Å². The first kappa shape index (κ1) is 19.2. The van der Waals surface area contributed by atoms with Gasteiger partial charge < -0.3 is 5.32 Å². The van der Waals surface area contributed by atoms with Crippen molar-refractivity contribution >= 4 is 11.6 Å². The quantitative estimate of drug-likeness (QED) is 0.760. The first-order valence-corrected chi connectivity index (χ1v) is 6.20. The number of hydrogen-bond acceptors (Lipinski definition) is 1. The number of aryl methyl sites for hydroxylation is 1. The molecule has 0 saturated carbocycles. The van der Waals surface area contributed by atoms with Gasteiger partial charge in [0.1, 0.15) is 0 Å². The first-order chi connectivity index (χ1) is 10.4. The molecule has 0 aliphatic carbocycles. The molecule has 0 heterocycles. The minimum absolute atomic E-state index is 0.372. The van der Waals surface area contributed by atoms with Crippen molar-refractivity contribution < 1.29 is 39.9 Å². The van der Waals surface area contributed by atoms with Gasteiger partial charge in [0, 0.05) is 5.69 Å². The van der Waals surface area contributed by atoms with Gasteiger partial charge in [0.05, 0.1) is 0 Å². The van der Waals surface area contributed by atoms with E-state index in [-0.39, 0.29) is 5.69 Å². The standard InChI is InChI=1S/C13H11F8NO/c1-2-7-3-5-8(6-4-7)22-10(23)12(18,19)13(20,21)11(16,17)9(14)15/h3-6,9H,2H2,1H3,(H,22,23). The van der Waals surface area contributed by atoms with E-state index in [4.69, 9.17) is 0 Å². The maximum absolute atomic E-state index is 13.3. The van der Waals surface area contributed by atoms with Crippen LogP contribution < -0.4 is 5.32 Å². The highest BCUT2D eigenvalue weighted by Gasteiger charge is 2.78. The minimum Gasteiger partial charge on any atom is -0.321 e. The predicted octanol–water partition coefficient (Wildman–Crippen LogP) is 4.36. The van der Waals surface area contributed by atoms with Crippen LogP contribution in [0.5, 0.6) is 0 Å². The van der Waals surface area contributed by atoms with Crippen molar-refractivity contribution in [2.24, 2.45) is 0 Å². The van der Waals surface area contributed by atoms with Gasteiger partial charge in [-0.25, -0.2) is 8.78 Å². The van der Waals surface area contributed by atoms with Crippen LogP contribution in [0.15, 0.2) is 24.3 Å². The molecule has 130 valence electrons. The molecule has 0 bridgehead atoms. The van der Waals surface area contributed by atoms with E-state index in [9.17, 15) is 39.9 Å². The molecular formula is C13H11F8NO. The lowest BCUT2D eigenvalue weighted by molar-refractivity contribution is -0.326. The highest BCUT2D eigenvalue weighted by atomic mass is 19.4. The van der Waals surface area contributed by atoms with Crippen molar-refractivity contribution in [2.75, 3.05) is 5.32 Å². The summed E-state index contributed by atoms with van der Waals surface area (Å²) in [5.74, 6) is -21.8. The second kappa shape index (κ2) is 6.32. The molecule has 1 aromatic carbocycles. The summed E-state index contributed by atoms with van der Waals surface area (Å²) >= 11 is 0. The molecule has 0 aliphatic rings. The number of rotatable bonds is 6. The number of amides is 1. The Bertz CT molecular complexity index is 556. The molecule has 23 heavy (non-hydrogen) atoms. The second-order valence-electron chi connectivity index (χ2n) is 4.58. The third-order valence-electron chi connectivity index (χ3n) is 2.99. The van der Waals surface area contributed by atoms with Crippen LogP contribution in [0.3, 0.4) is 0 Å². The Labute approximate surface area is 125 Å². The average Bonchev–Trinajstić information content (AvgIpc) is 2.47. The largest absolute Gasteiger partial charge is 0.393 e. The summed E-state index contributed by atoms with van der Waals surface area (Å²) in [5.41, 5.74) is 0.354. The van der Waals surface area contributed by atoms with Crippen molar-refractivity contribution in [1.82, 2.24) is 0 Å². The van der Waals surface area contributed by atoms with Crippen molar-refractivity contribution in [3.05, 3.63) is 29.8 Å². The molecule has 1 aromatic rings. The Balaban J connectivity index is 3.03. The van der Waals surface area contributed by atoms with Crippen LogP contribution in [0.4, 0.5) is 40.8 Å². The Morgan fingerprint density at radius 2 is 1.52 bits per heavy atom. The van der Waals surface area contributed by atoms with Crippen LogP contribution in [0.25, 0.3) is 0 Å². The topological polar surface area (TPSA) is 29.1 Å². The number of anilines is 1. The summed E-state index contributed by atoms with van der Waals surface area (Å²) in [5, 5.41) is 1.30. The Morgan fingerprint density at radius 1 is 1.04 bits per heavy atom. The van der Waals surface area contributed by atoms with Crippen LogP contribution in [0, 0.1) is 0 Å². The smallest absolute Gasteiger partial charge is 0.321 e. The Hall–Kier alpha value is -1.87. The highest BCUT2D eigenvalue weighted by molar-refractivity contribution is 5.97. The second-order valence-corrected chi connectivity index (χ2v) is 4.58. The maximum atomic E-state index is 13.3. The molecule has 1 N–H and O–H groups in total. The third-order valence-corrected chi connectivity index (χ3v) is 2.99. The van der Waals surface area contributed by atoms with Gasteiger partial charge in [0.25, 0.3) is 0 Å². The fourth-order valence-electron chi connectivity index (χ4n) is 1.52. The molecule has 0 aliphatic heterocycles. The molecule has 0 unspecified atom stereocenters. The summed E-state index contributed by atoms with van der Waals surface area (Å²) in [7, 11) is 0. The molecule has 0 atom stereocenters. The molecule has 0 spiro atoms. The minimum atomic E-state index is -6.57. The predicted molar refractivity (Wildman–Crippen MR) is 65.3 cm³/mol. The van der Waals surface area contributed by atoms with E-state index in [0.29, 0.717) is 6.42 Å². The van der Waals surface area contributed by atoms with Crippen molar-refractivity contribution in [2.45, 2.75) is 37.5 Å². The summed E-state index contributed by atoms with van der Waals surface area (Å²) < 4.78 is 102. The van der Waals surface area contributed by atoms with Gasteiger partial charge in [-0.1, -0.05) is 19.1 Å². The van der Waals surface area contributed by atoms with Gasteiger partial charge in [-0.15, -0.1) is 0 Å². The van der Waals surface area contributed by atoms with Crippen LogP contribution in [0.1, 0.15) is 12.5 Å². The molecule has 10 heteroatoms. The molecule has 1 amide bonds. The molecule has 2 nitrogen and oxygen atoms in total. The van der Waals surface area contributed by atoms with E-state index in [1.807, 2.05) is 0 Å². The van der Waals surface area contributed by atoms with E-state index >= 15 is 0 Å². The molecule has 0 radical (unpaired) electrons. The van der Waals surface area contributed by atoms with Crippen molar-refractivity contribution in [3.8, 4) is 0 Å². The summed E-state index contributed by atoms with van der Waals surface area (Å²) in [6.07, 6.45) is -4.51. The van der Waals surface area contributed by atoms with E-state index < -0.39 is 30.1 Å². The van der Waals surface area contributed by atoms with E-state index in [2.05, 4.69) is 0 Å². The van der Waals surface area contributed by atoms with Crippen LogP contribution >= 0.6 is 0 Å². The van der Waals surface area contributed by atoms with Gasteiger partial charge >= 0.3 is 30.1 Å². The van der Waals surface area contributed by atoms with Gasteiger partial charge in [-0.2, -0.15) is 26.3 Å². The number of hydrogen-bond donors (Lipinski definition) is 1. The van der Waals surface area contributed by atoms with Crippen LogP contribution in [-0.4, -0.2) is 30.1 Å². The fraction of sp³-hybridized carbons (Fsp3) is 0.462. The van der Waals surface area contributed by atoms with Crippen LogP contribution in [-0.2, 0) is 11.2 Å². The molecule has 0 aromatic heterocycles. The van der Waals surface area contributed by atoms with Gasteiger partial charge in [-0.05, 0) is 24.1 Å². The first-order valence-electron chi connectivity index (χ1n) is 6.20. The SMILES string of the molecule is CCc1ccc(NC(=O)C(F)(F)C(F)(F)C(F)(F)C(F)F)cc1. The lowest BCUT2D eigenvalue weighted by atomic mass is 10.0. The lowest BCUT2D eigenvalue weighted by Gasteiger charge is -2.31. The lowest BCUT2D eigenvalue weighted by Crippen LogP contribution is -2.61. The van der Waals surface area contributed by atoms with Gasteiger partial charge in [0.15, 0.2) is 0 Å². The summed E-state index contributed by atoms with van der Waals surface area (Å²) in [6.45, 7) is 1.76. The highest BCUT2D eigenvalue weighted by Crippen LogP contribution is 2.48. The zero-order valence-corrected chi connectivity index (χ0v) is 11.5. The summed E-state index contributed by atoms with van der Waals surface area (Å²) in [4.78, 5) is 11.2. The number of carbonyl (C=O) groups excluding carboxylic acids is 1. The zero-order chi connectivity index (χ0) is 18.1. The third kappa shape index (κ3) is 3.40. The Morgan fingerprint density at radius 3 is 1.91 bits per heavy atom. The molecular weight excluding hydrogens is 338 g/mol. The zero-order valence-electron chi connectivity index (χ0n) is 11.5. The average molecular weight is 349 g/mol. The summed E-state index contributed by atoms with van der Waals surface area (Å²) in [6, 6.07) is 4.91. The van der Waals surface area contributed by atoms with Crippen LogP contribution in [0.2, 0.25) is 0 Å². The van der Waals surface area contributed by atoms with E-state index in [0.717, 1.165) is 17.7 Å². The number of alkyl halides is 8.